The number of Topliss-reactive ketones (excluding diaryl/α,β-unsaturated/α-hetero) is 1. The fourth-order valence-corrected chi connectivity index (χ4v) is 2.64. The number of nitrogens with one attached hydrogen (secondary N) is 1. The Morgan fingerprint density at radius 1 is 1.09 bits per heavy atom. The zero-order valence-corrected chi connectivity index (χ0v) is 12.3. The van der Waals surface area contributed by atoms with Gasteiger partial charge in [-0.3, -0.25) is 9.78 Å². The van der Waals surface area contributed by atoms with E-state index in [9.17, 15) is 10.0 Å². The van der Waals surface area contributed by atoms with E-state index in [0.717, 1.165) is 32.8 Å². The van der Waals surface area contributed by atoms with Crippen LogP contribution in [0.1, 0.15) is 22.8 Å². The van der Waals surface area contributed by atoms with Crippen molar-refractivity contribution in [3.8, 4) is 22.5 Å². The highest BCUT2D eigenvalue weighted by Crippen LogP contribution is 2.33. The van der Waals surface area contributed by atoms with E-state index in [1.807, 2.05) is 19.1 Å². The predicted molar refractivity (Wildman–Crippen MR) is 83.2 cm³/mol. The van der Waals surface area contributed by atoms with Crippen LogP contribution in [0.4, 0.5) is 0 Å². The van der Waals surface area contributed by atoms with Gasteiger partial charge in [0, 0.05) is 46.9 Å². The van der Waals surface area contributed by atoms with Gasteiger partial charge >= 0.3 is 0 Å². The van der Waals surface area contributed by atoms with Crippen molar-refractivity contribution in [2.45, 2.75) is 13.8 Å². The number of hydrogen-bond donors (Lipinski definition) is 1. The van der Waals surface area contributed by atoms with Gasteiger partial charge in [0.1, 0.15) is 0 Å². The summed E-state index contributed by atoms with van der Waals surface area (Å²) in [7, 11) is 0. The summed E-state index contributed by atoms with van der Waals surface area (Å²) in [5.41, 5.74) is 4.94. The maximum absolute atomic E-state index is 12.1. The zero-order valence-electron chi connectivity index (χ0n) is 12.3. The first kappa shape index (κ1) is 14.0. The molecule has 3 rings (SSSR count). The van der Waals surface area contributed by atoms with Gasteiger partial charge in [-0.2, -0.15) is 4.73 Å². The molecule has 110 valence electrons. The number of nitrogens with zero attached hydrogens (tertiary/aromatic N) is 2. The Balaban J connectivity index is 2.22. The fraction of sp³-hybridized carbons (Fsp3) is 0.118. The van der Waals surface area contributed by atoms with E-state index in [1.165, 1.54) is 12.4 Å². The van der Waals surface area contributed by atoms with Crippen molar-refractivity contribution < 1.29 is 9.52 Å². The van der Waals surface area contributed by atoms with Gasteiger partial charge in [-0.1, -0.05) is 0 Å². The van der Waals surface area contributed by atoms with Crippen molar-refractivity contribution in [2.75, 3.05) is 0 Å². The number of rotatable bonds is 3. The van der Waals surface area contributed by atoms with Crippen LogP contribution in [0.15, 0.2) is 49.1 Å². The Hall–Kier alpha value is -2.95. The lowest BCUT2D eigenvalue weighted by atomic mass is 10.0. The molecule has 0 aliphatic heterocycles. The molecular weight excluding hydrogens is 278 g/mol. The molecule has 3 aromatic rings. The third kappa shape index (κ3) is 2.37. The molecule has 0 radical (unpaired) electrons. The van der Waals surface area contributed by atoms with Crippen molar-refractivity contribution in [1.29, 1.82) is 0 Å². The number of hydrogen-bond acceptors (Lipinski definition) is 3. The number of pyridine rings is 2. The summed E-state index contributed by atoms with van der Waals surface area (Å²) in [6.45, 7) is 3.47. The summed E-state index contributed by atoms with van der Waals surface area (Å²) in [5, 5.41) is 11.2. The van der Waals surface area contributed by atoms with Crippen LogP contribution in [-0.2, 0) is 0 Å². The maximum atomic E-state index is 12.1. The molecule has 5 heteroatoms. The molecule has 3 aromatic heterocycles. The van der Waals surface area contributed by atoms with Crippen LogP contribution in [0.2, 0.25) is 0 Å². The van der Waals surface area contributed by atoms with Crippen LogP contribution in [0, 0.1) is 12.1 Å². The minimum absolute atomic E-state index is 0.0112. The van der Waals surface area contributed by atoms with E-state index in [-0.39, 0.29) is 5.78 Å². The summed E-state index contributed by atoms with van der Waals surface area (Å²) in [6, 6.07) is 7.17. The lowest BCUT2D eigenvalue weighted by Gasteiger charge is -2.02. The highest BCUT2D eigenvalue weighted by molar-refractivity contribution is 6.03. The second-order valence-corrected chi connectivity index (χ2v) is 5.11. The molecule has 0 aromatic carbocycles. The molecule has 0 saturated carbocycles. The quantitative estimate of drug-likeness (QED) is 0.458. The van der Waals surface area contributed by atoms with Crippen LogP contribution >= 0.6 is 0 Å². The Labute approximate surface area is 127 Å². The van der Waals surface area contributed by atoms with Gasteiger partial charge in [0.25, 0.3) is 0 Å². The fourth-order valence-electron chi connectivity index (χ4n) is 2.64. The smallest absolute Gasteiger partial charge is 0.181 e. The summed E-state index contributed by atoms with van der Waals surface area (Å²) < 4.78 is 0.719. The first-order valence-corrected chi connectivity index (χ1v) is 6.91. The standard InChI is InChI=1S/C17H15N3O2/c1-11-15(12(2)21)17(14-5-9-20(22)10-6-14)19-16(11)13-3-7-18-8-4-13/h3-10,19H,1-2H3. The summed E-state index contributed by atoms with van der Waals surface area (Å²) in [5.74, 6) is -0.0112. The molecule has 0 amide bonds. The topological polar surface area (TPSA) is 72.7 Å². The van der Waals surface area contributed by atoms with Crippen molar-refractivity contribution >= 4 is 5.78 Å². The number of carbonyl (C=O) groups excluding carboxylic acids is 1. The molecular formula is C17H15N3O2. The van der Waals surface area contributed by atoms with E-state index in [1.54, 1.807) is 31.5 Å². The highest BCUT2D eigenvalue weighted by Gasteiger charge is 2.20. The summed E-state index contributed by atoms with van der Waals surface area (Å²) in [4.78, 5) is 19.4. The van der Waals surface area contributed by atoms with Gasteiger partial charge in [0.2, 0.25) is 0 Å². The minimum atomic E-state index is -0.0112. The van der Waals surface area contributed by atoms with E-state index in [4.69, 9.17) is 0 Å². The molecule has 0 spiro atoms. The Kier molecular flexibility index (Phi) is 3.47. The molecule has 0 bridgehead atoms. The van der Waals surface area contributed by atoms with E-state index in [0.29, 0.717) is 5.56 Å². The summed E-state index contributed by atoms with van der Waals surface area (Å²) in [6.07, 6.45) is 6.26. The van der Waals surface area contributed by atoms with Crippen LogP contribution in [0.3, 0.4) is 0 Å². The van der Waals surface area contributed by atoms with Crippen molar-refractivity contribution in [1.82, 2.24) is 9.97 Å². The number of carbonyl (C=O) groups is 1. The molecule has 0 unspecified atom stereocenters. The molecule has 0 saturated heterocycles. The Bertz CT molecular complexity index is 821. The molecule has 0 aliphatic carbocycles. The number of aromatic nitrogens is 3. The van der Waals surface area contributed by atoms with Gasteiger partial charge in [0.05, 0.1) is 5.69 Å². The first-order chi connectivity index (χ1) is 10.6. The van der Waals surface area contributed by atoms with Crippen LogP contribution in [0.5, 0.6) is 0 Å². The second kappa shape index (κ2) is 5.44. The number of aromatic amines is 1. The third-order valence-corrected chi connectivity index (χ3v) is 3.66. The normalized spacial score (nSPS) is 10.6. The lowest BCUT2D eigenvalue weighted by molar-refractivity contribution is -0.605. The molecule has 0 aliphatic rings. The molecule has 5 nitrogen and oxygen atoms in total. The van der Waals surface area contributed by atoms with Gasteiger partial charge < -0.3 is 10.2 Å². The van der Waals surface area contributed by atoms with Crippen LogP contribution in [0.25, 0.3) is 22.5 Å². The average Bonchev–Trinajstić information content (AvgIpc) is 2.86. The largest absolute Gasteiger partial charge is 0.619 e. The maximum Gasteiger partial charge on any atom is 0.181 e. The molecule has 3 heterocycles. The molecule has 0 fully saturated rings. The SMILES string of the molecule is CC(=O)c1c(-c2cc[n+]([O-])cc2)[nH]c(-c2ccncc2)c1C. The predicted octanol–water partition coefficient (Wildman–Crippen LogP) is 2.89. The average molecular weight is 293 g/mol. The molecule has 22 heavy (non-hydrogen) atoms. The van der Waals surface area contributed by atoms with Gasteiger partial charge in [-0.15, -0.1) is 0 Å². The number of H-pyrrole nitrogens is 1. The highest BCUT2D eigenvalue weighted by atomic mass is 16.5. The van der Waals surface area contributed by atoms with Gasteiger partial charge in [-0.25, -0.2) is 0 Å². The monoisotopic (exact) mass is 293 g/mol. The van der Waals surface area contributed by atoms with Gasteiger partial charge in [0.15, 0.2) is 18.2 Å². The van der Waals surface area contributed by atoms with Crippen molar-refractivity contribution in [2.24, 2.45) is 0 Å². The van der Waals surface area contributed by atoms with E-state index < -0.39 is 0 Å². The number of ketones is 1. The first-order valence-electron chi connectivity index (χ1n) is 6.91. The Morgan fingerprint density at radius 3 is 2.27 bits per heavy atom. The minimum Gasteiger partial charge on any atom is -0.619 e. The van der Waals surface area contributed by atoms with Gasteiger partial charge in [-0.05, 0) is 31.5 Å². The molecule has 1 N–H and O–H groups in total. The lowest BCUT2D eigenvalue weighted by Crippen LogP contribution is -2.23. The van der Waals surface area contributed by atoms with E-state index in [2.05, 4.69) is 9.97 Å². The second-order valence-electron chi connectivity index (χ2n) is 5.11. The Morgan fingerprint density at radius 2 is 1.68 bits per heavy atom. The summed E-state index contributed by atoms with van der Waals surface area (Å²) >= 11 is 0. The third-order valence-electron chi connectivity index (χ3n) is 3.66. The molecule has 0 atom stereocenters. The zero-order chi connectivity index (χ0) is 15.7. The van der Waals surface area contributed by atoms with Crippen LogP contribution < -0.4 is 4.73 Å². The van der Waals surface area contributed by atoms with E-state index >= 15 is 0 Å². The van der Waals surface area contributed by atoms with Crippen molar-refractivity contribution in [3.63, 3.8) is 0 Å². The van der Waals surface area contributed by atoms with Crippen molar-refractivity contribution in [3.05, 3.63) is 65.4 Å². The van der Waals surface area contributed by atoms with Crippen LogP contribution in [-0.4, -0.2) is 15.8 Å².